The van der Waals surface area contributed by atoms with Gasteiger partial charge in [0.1, 0.15) is 5.82 Å². The molecule has 1 aromatic heterocycles. The van der Waals surface area contributed by atoms with Crippen LogP contribution in [0.1, 0.15) is 11.1 Å². The summed E-state index contributed by atoms with van der Waals surface area (Å²) in [6.07, 6.45) is 0. The molecule has 0 aliphatic carbocycles. The van der Waals surface area contributed by atoms with E-state index in [1.165, 1.54) is 39.7 Å². The third-order valence-electron chi connectivity index (χ3n) is 3.24. The molecule has 0 saturated carbocycles. The molecule has 112 valence electrons. The average molecular weight is 314 g/mol. The molecule has 2 aromatic carbocycles. The van der Waals surface area contributed by atoms with Crippen molar-refractivity contribution in [2.24, 2.45) is 0 Å². The highest BCUT2D eigenvalue weighted by molar-refractivity contribution is 7.98. The molecule has 0 aliphatic rings. The summed E-state index contributed by atoms with van der Waals surface area (Å²) < 4.78 is 14.7. The summed E-state index contributed by atoms with van der Waals surface area (Å²) in [5.41, 5.74) is 3.02. The molecule has 0 radical (unpaired) electrons. The van der Waals surface area contributed by atoms with Crippen LogP contribution in [0.25, 0.3) is 11.4 Å². The topological polar surface area (TPSA) is 56.7 Å². The van der Waals surface area contributed by atoms with E-state index >= 15 is 0 Å². The minimum Gasteiger partial charge on any atom is -0.335 e. The molecule has 3 rings (SSSR count). The van der Waals surface area contributed by atoms with E-state index in [4.69, 9.17) is 5.84 Å². The molecular formula is C16H15FN4S. The summed E-state index contributed by atoms with van der Waals surface area (Å²) >= 11 is 1.50. The van der Waals surface area contributed by atoms with Crippen LogP contribution >= 0.6 is 11.8 Å². The maximum absolute atomic E-state index is 13.3. The average Bonchev–Trinajstić information content (AvgIpc) is 2.88. The highest BCUT2D eigenvalue weighted by Gasteiger charge is 2.12. The Morgan fingerprint density at radius 3 is 2.64 bits per heavy atom. The van der Waals surface area contributed by atoms with E-state index in [-0.39, 0.29) is 5.82 Å². The molecule has 4 nitrogen and oxygen atoms in total. The molecule has 0 aliphatic heterocycles. The number of hydrogen-bond donors (Lipinski definition) is 1. The van der Waals surface area contributed by atoms with Crippen LogP contribution in [0.4, 0.5) is 4.39 Å². The van der Waals surface area contributed by atoms with E-state index in [9.17, 15) is 4.39 Å². The van der Waals surface area contributed by atoms with Crippen molar-refractivity contribution in [3.05, 3.63) is 65.5 Å². The van der Waals surface area contributed by atoms with Gasteiger partial charge in [-0.1, -0.05) is 53.7 Å². The van der Waals surface area contributed by atoms with Crippen LogP contribution in [-0.2, 0) is 5.75 Å². The van der Waals surface area contributed by atoms with Gasteiger partial charge in [-0.25, -0.2) is 9.07 Å². The summed E-state index contributed by atoms with van der Waals surface area (Å²) in [4.78, 5) is 0. The number of nitrogens with two attached hydrogens (primary N) is 1. The van der Waals surface area contributed by atoms with E-state index in [0.717, 1.165) is 5.75 Å². The molecule has 0 unspecified atom stereocenters. The minimum atomic E-state index is -0.325. The molecular weight excluding hydrogens is 299 g/mol. The number of nitrogens with zero attached hydrogens (tertiary/aromatic N) is 3. The van der Waals surface area contributed by atoms with Gasteiger partial charge in [-0.3, -0.25) is 0 Å². The predicted molar refractivity (Wildman–Crippen MR) is 86.3 cm³/mol. The Hall–Kier alpha value is -2.34. The van der Waals surface area contributed by atoms with Gasteiger partial charge >= 0.3 is 0 Å². The Balaban J connectivity index is 1.77. The SMILES string of the molecule is Cc1ccc(CSc2nnc(-c3cccc(F)c3)n2N)cc1. The second-order valence-electron chi connectivity index (χ2n) is 4.96. The highest BCUT2D eigenvalue weighted by atomic mass is 32.2. The summed E-state index contributed by atoms with van der Waals surface area (Å²) in [7, 11) is 0. The zero-order valence-electron chi connectivity index (χ0n) is 12.0. The number of halogens is 1. The lowest BCUT2D eigenvalue weighted by Crippen LogP contribution is -2.11. The van der Waals surface area contributed by atoms with E-state index < -0.39 is 0 Å². The normalized spacial score (nSPS) is 10.8. The number of rotatable bonds is 4. The predicted octanol–water partition coefficient (Wildman–Crippen LogP) is 3.40. The van der Waals surface area contributed by atoms with Gasteiger partial charge in [-0.15, -0.1) is 10.2 Å². The van der Waals surface area contributed by atoms with E-state index in [1.54, 1.807) is 12.1 Å². The van der Waals surface area contributed by atoms with Gasteiger partial charge in [0, 0.05) is 11.3 Å². The fourth-order valence-corrected chi connectivity index (χ4v) is 2.84. The molecule has 0 spiro atoms. The Morgan fingerprint density at radius 2 is 1.91 bits per heavy atom. The van der Waals surface area contributed by atoms with Crippen LogP contribution in [0.2, 0.25) is 0 Å². The third kappa shape index (κ3) is 3.12. The monoisotopic (exact) mass is 314 g/mol. The van der Waals surface area contributed by atoms with Crippen molar-refractivity contribution in [3.8, 4) is 11.4 Å². The number of hydrogen-bond acceptors (Lipinski definition) is 4. The molecule has 0 fully saturated rings. The van der Waals surface area contributed by atoms with E-state index in [0.29, 0.717) is 16.5 Å². The standard InChI is InChI=1S/C16H15FN4S/c1-11-5-7-12(8-6-11)10-22-16-20-19-15(21(16)18)13-3-2-4-14(17)9-13/h2-9H,10,18H2,1H3. The van der Waals surface area contributed by atoms with E-state index in [1.807, 2.05) is 0 Å². The zero-order valence-corrected chi connectivity index (χ0v) is 12.8. The highest BCUT2D eigenvalue weighted by Crippen LogP contribution is 2.24. The van der Waals surface area contributed by atoms with Crippen LogP contribution in [0.5, 0.6) is 0 Å². The fourth-order valence-electron chi connectivity index (χ4n) is 2.03. The van der Waals surface area contributed by atoms with Crippen LogP contribution in [-0.4, -0.2) is 14.9 Å². The molecule has 0 atom stereocenters. The summed E-state index contributed by atoms with van der Waals surface area (Å²) in [6.45, 7) is 2.05. The molecule has 0 amide bonds. The van der Waals surface area contributed by atoms with Crippen LogP contribution < -0.4 is 5.84 Å². The third-order valence-corrected chi connectivity index (χ3v) is 4.25. The van der Waals surface area contributed by atoms with Gasteiger partial charge in [0.05, 0.1) is 0 Å². The first-order valence-electron chi connectivity index (χ1n) is 6.78. The molecule has 0 bridgehead atoms. The van der Waals surface area contributed by atoms with Gasteiger partial charge in [0.25, 0.3) is 0 Å². The number of nitrogen functional groups attached to an aromatic ring is 1. The number of aromatic nitrogens is 3. The molecule has 6 heteroatoms. The largest absolute Gasteiger partial charge is 0.335 e. The van der Waals surface area contributed by atoms with Gasteiger partial charge in [-0.05, 0) is 24.6 Å². The fraction of sp³-hybridized carbons (Fsp3) is 0.125. The van der Waals surface area contributed by atoms with Gasteiger partial charge in [0.15, 0.2) is 5.82 Å². The Morgan fingerprint density at radius 1 is 1.14 bits per heavy atom. The lowest BCUT2D eigenvalue weighted by Gasteiger charge is -2.04. The van der Waals surface area contributed by atoms with Crippen molar-refractivity contribution >= 4 is 11.8 Å². The van der Waals surface area contributed by atoms with Crippen LogP contribution in [0.15, 0.2) is 53.7 Å². The van der Waals surface area contributed by atoms with Crippen LogP contribution in [0.3, 0.4) is 0 Å². The maximum atomic E-state index is 13.3. The number of benzene rings is 2. The van der Waals surface area contributed by atoms with Crippen molar-refractivity contribution in [1.29, 1.82) is 0 Å². The van der Waals surface area contributed by atoms with Crippen molar-refractivity contribution in [1.82, 2.24) is 14.9 Å². The van der Waals surface area contributed by atoms with Crippen LogP contribution in [0, 0.1) is 12.7 Å². The van der Waals surface area contributed by atoms with Crippen molar-refractivity contribution < 1.29 is 4.39 Å². The van der Waals surface area contributed by atoms with Crippen molar-refractivity contribution in [3.63, 3.8) is 0 Å². The molecule has 0 saturated heterocycles. The molecule has 22 heavy (non-hydrogen) atoms. The minimum absolute atomic E-state index is 0.325. The Kier molecular flexibility index (Phi) is 4.11. The summed E-state index contributed by atoms with van der Waals surface area (Å²) in [5.74, 6) is 6.90. The first-order valence-corrected chi connectivity index (χ1v) is 7.77. The number of aryl methyl sites for hydroxylation is 1. The molecule has 1 heterocycles. The second kappa shape index (κ2) is 6.19. The lowest BCUT2D eigenvalue weighted by molar-refractivity contribution is 0.628. The summed E-state index contributed by atoms with van der Waals surface area (Å²) in [6, 6.07) is 14.4. The number of thioether (sulfide) groups is 1. The maximum Gasteiger partial charge on any atom is 0.210 e. The molecule has 2 N–H and O–H groups in total. The Labute approximate surface area is 132 Å². The van der Waals surface area contributed by atoms with Crippen molar-refractivity contribution in [2.45, 2.75) is 17.8 Å². The second-order valence-corrected chi connectivity index (χ2v) is 5.90. The van der Waals surface area contributed by atoms with Gasteiger partial charge in [0.2, 0.25) is 5.16 Å². The zero-order chi connectivity index (χ0) is 15.5. The summed E-state index contributed by atoms with van der Waals surface area (Å²) in [5, 5.41) is 8.73. The quantitative estimate of drug-likeness (QED) is 0.592. The van der Waals surface area contributed by atoms with Crippen molar-refractivity contribution in [2.75, 3.05) is 5.84 Å². The Bertz CT molecular complexity index is 783. The first kappa shape index (κ1) is 14.6. The molecule has 3 aromatic rings. The first-order chi connectivity index (χ1) is 10.6. The lowest BCUT2D eigenvalue weighted by atomic mass is 10.2. The van der Waals surface area contributed by atoms with Gasteiger partial charge < -0.3 is 5.84 Å². The van der Waals surface area contributed by atoms with Gasteiger partial charge in [-0.2, -0.15) is 0 Å². The smallest absolute Gasteiger partial charge is 0.210 e. The van der Waals surface area contributed by atoms with E-state index in [2.05, 4.69) is 41.4 Å².